The highest BCUT2D eigenvalue weighted by Crippen LogP contribution is 2.18. The Bertz CT molecular complexity index is 965. The first-order valence-corrected chi connectivity index (χ1v) is 9.89. The van der Waals surface area contributed by atoms with Crippen LogP contribution >= 0.6 is 0 Å². The zero-order valence-electron chi connectivity index (χ0n) is 16.9. The first kappa shape index (κ1) is 20.6. The van der Waals surface area contributed by atoms with E-state index in [0.717, 1.165) is 28.4 Å². The van der Waals surface area contributed by atoms with Crippen LogP contribution in [0.3, 0.4) is 0 Å². The van der Waals surface area contributed by atoms with Gasteiger partial charge in [0.15, 0.2) is 0 Å². The molecule has 0 fully saturated rings. The Morgan fingerprint density at radius 1 is 0.862 bits per heavy atom. The third kappa shape index (κ3) is 5.90. The third-order valence-corrected chi connectivity index (χ3v) is 4.83. The molecule has 0 aliphatic rings. The standard InChI is InChI=1S/C24H27N3O2/c1-27(2)17-22(19-10-4-3-5-11-19)26-24(29)16-25-23(28)15-20-13-8-12-18-9-6-7-14-21(18)20/h3-14,22H,15-17H2,1-2H3,(H,25,28)(H,26,29)/p+1/t22-/m1/s1. The minimum atomic E-state index is -0.189. The number of carbonyl (C=O) groups excluding carboxylic acids is 2. The number of benzene rings is 3. The fraction of sp³-hybridized carbons (Fsp3) is 0.250. The van der Waals surface area contributed by atoms with Crippen LogP contribution in [-0.2, 0) is 16.0 Å². The Hall–Kier alpha value is -3.18. The van der Waals surface area contributed by atoms with E-state index in [-0.39, 0.29) is 30.8 Å². The lowest BCUT2D eigenvalue weighted by Crippen LogP contribution is -3.06. The summed E-state index contributed by atoms with van der Waals surface area (Å²) in [6, 6.07) is 23.7. The molecular weight excluding hydrogens is 362 g/mol. The second kappa shape index (κ2) is 9.85. The maximum Gasteiger partial charge on any atom is 0.240 e. The van der Waals surface area contributed by atoms with Crippen LogP contribution in [0.2, 0.25) is 0 Å². The second-order valence-electron chi connectivity index (χ2n) is 7.53. The molecule has 3 rings (SSSR count). The number of likely N-dealkylation sites (N-methyl/N-ethyl adjacent to an activating group) is 1. The SMILES string of the molecule is C[NH+](C)C[C@@H](NC(=O)CNC(=O)Cc1cccc2ccccc12)c1ccccc1. The third-order valence-electron chi connectivity index (χ3n) is 4.83. The van der Waals surface area contributed by atoms with Gasteiger partial charge in [-0.3, -0.25) is 9.59 Å². The molecule has 5 nitrogen and oxygen atoms in total. The van der Waals surface area contributed by atoms with Gasteiger partial charge in [0.05, 0.1) is 27.1 Å². The number of amides is 2. The molecule has 0 bridgehead atoms. The molecule has 0 saturated heterocycles. The van der Waals surface area contributed by atoms with Gasteiger partial charge in [0.25, 0.3) is 0 Å². The Kier molecular flexibility index (Phi) is 6.98. The van der Waals surface area contributed by atoms with Crippen molar-refractivity contribution in [3.05, 3.63) is 83.9 Å². The summed E-state index contributed by atoms with van der Waals surface area (Å²) in [5.74, 6) is -0.350. The topological polar surface area (TPSA) is 62.6 Å². The zero-order valence-corrected chi connectivity index (χ0v) is 16.9. The Morgan fingerprint density at radius 3 is 2.31 bits per heavy atom. The molecule has 150 valence electrons. The van der Waals surface area contributed by atoms with Crippen molar-refractivity contribution in [3.63, 3.8) is 0 Å². The second-order valence-corrected chi connectivity index (χ2v) is 7.53. The van der Waals surface area contributed by atoms with E-state index >= 15 is 0 Å². The maximum absolute atomic E-state index is 12.4. The number of hydrogen-bond acceptors (Lipinski definition) is 2. The van der Waals surface area contributed by atoms with E-state index in [9.17, 15) is 9.59 Å². The van der Waals surface area contributed by atoms with Gasteiger partial charge in [-0.1, -0.05) is 72.8 Å². The lowest BCUT2D eigenvalue weighted by Gasteiger charge is -2.21. The Balaban J connectivity index is 1.57. The summed E-state index contributed by atoms with van der Waals surface area (Å²) >= 11 is 0. The quantitative estimate of drug-likeness (QED) is 0.546. The molecule has 0 saturated carbocycles. The highest BCUT2D eigenvalue weighted by atomic mass is 16.2. The number of nitrogens with one attached hydrogen (secondary N) is 3. The lowest BCUT2D eigenvalue weighted by molar-refractivity contribution is -0.860. The van der Waals surface area contributed by atoms with Gasteiger partial charge in [0, 0.05) is 0 Å². The van der Waals surface area contributed by atoms with Crippen LogP contribution < -0.4 is 15.5 Å². The lowest BCUT2D eigenvalue weighted by atomic mass is 10.0. The summed E-state index contributed by atoms with van der Waals surface area (Å²) in [6.07, 6.45) is 0.249. The molecule has 0 unspecified atom stereocenters. The molecule has 3 N–H and O–H groups in total. The van der Waals surface area contributed by atoms with Crippen LogP contribution in [0, 0.1) is 0 Å². The van der Waals surface area contributed by atoms with Crippen molar-refractivity contribution in [1.82, 2.24) is 10.6 Å². The normalized spacial score (nSPS) is 12.0. The van der Waals surface area contributed by atoms with E-state index in [0.29, 0.717) is 0 Å². The molecule has 5 heteroatoms. The number of carbonyl (C=O) groups is 2. The Morgan fingerprint density at radius 2 is 1.55 bits per heavy atom. The highest BCUT2D eigenvalue weighted by molar-refractivity contribution is 5.91. The number of hydrogen-bond donors (Lipinski definition) is 3. The summed E-state index contributed by atoms with van der Waals surface area (Å²) in [7, 11) is 4.10. The van der Waals surface area contributed by atoms with E-state index < -0.39 is 0 Å². The van der Waals surface area contributed by atoms with Crippen molar-refractivity contribution in [2.45, 2.75) is 12.5 Å². The van der Waals surface area contributed by atoms with Crippen LogP contribution in [0.5, 0.6) is 0 Å². The average molecular weight is 391 g/mol. The van der Waals surface area contributed by atoms with Crippen LogP contribution in [0.1, 0.15) is 17.2 Å². The van der Waals surface area contributed by atoms with E-state index in [1.165, 1.54) is 4.90 Å². The minimum absolute atomic E-state index is 0.0320. The summed E-state index contributed by atoms with van der Waals surface area (Å²) in [5, 5.41) is 7.95. The summed E-state index contributed by atoms with van der Waals surface area (Å²) < 4.78 is 0. The van der Waals surface area contributed by atoms with Gasteiger partial charge < -0.3 is 15.5 Å². The van der Waals surface area contributed by atoms with Crippen LogP contribution in [0.25, 0.3) is 10.8 Å². The molecule has 0 spiro atoms. The van der Waals surface area contributed by atoms with Gasteiger partial charge in [-0.05, 0) is 21.9 Å². The first-order chi connectivity index (χ1) is 14.0. The highest BCUT2D eigenvalue weighted by Gasteiger charge is 2.18. The van der Waals surface area contributed by atoms with Gasteiger partial charge in [0.2, 0.25) is 11.8 Å². The largest absolute Gasteiger partial charge is 0.347 e. The van der Waals surface area contributed by atoms with Crippen molar-refractivity contribution in [2.75, 3.05) is 27.2 Å². The first-order valence-electron chi connectivity index (χ1n) is 9.89. The molecule has 0 heterocycles. The number of fused-ring (bicyclic) bond motifs is 1. The van der Waals surface area contributed by atoms with E-state index in [1.54, 1.807) is 0 Å². The van der Waals surface area contributed by atoms with Crippen LogP contribution in [0.4, 0.5) is 0 Å². The number of quaternary nitrogens is 1. The molecule has 0 aliphatic heterocycles. The average Bonchev–Trinajstić information content (AvgIpc) is 2.72. The van der Waals surface area contributed by atoms with Crippen molar-refractivity contribution in [2.24, 2.45) is 0 Å². The monoisotopic (exact) mass is 390 g/mol. The van der Waals surface area contributed by atoms with E-state index in [4.69, 9.17) is 0 Å². The molecule has 3 aromatic carbocycles. The molecule has 29 heavy (non-hydrogen) atoms. The maximum atomic E-state index is 12.4. The van der Waals surface area contributed by atoms with Gasteiger partial charge in [-0.25, -0.2) is 0 Å². The molecule has 1 atom stereocenters. The molecule has 3 aromatic rings. The van der Waals surface area contributed by atoms with Crippen molar-refractivity contribution in [3.8, 4) is 0 Å². The van der Waals surface area contributed by atoms with Crippen molar-refractivity contribution in [1.29, 1.82) is 0 Å². The molecule has 0 aromatic heterocycles. The fourth-order valence-corrected chi connectivity index (χ4v) is 3.45. The van der Waals surface area contributed by atoms with Gasteiger partial charge in [-0.15, -0.1) is 0 Å². The van der Waals surface area contributed by atoms with Crippen LogP contribution in [0.15, 0.2) is 72.8 Å². The molecule has 0 radical (unpaired) electrons. The molecule has 0 aliphatic carbocycles. The predicted octanol–water partition coefficient (Wildman–Crippen LogP) is 1.50. The molecule has 2 amide bonds. The van der Waals surface area contributed by atoms with Gasteiger partial charge in [0.1, 0.15) is 12.6 Å². The summed E-state index contributed by atoms with van der Waals surface area (Å²) in [5.41, 5.74) is 2.02. The van der Waals surface area contributed by atoms with Gasteiger partial charge in [-0.2, -0.15) is 0 Å². The van der Waals surface area contributed by atoms with E-state index in [1.807, 2.05) is 86.9 Å². The van der Waals surface area contributed by atoms with Crippen molar-refractivity contribution < 1.29 is 14.5 Å². The van der Waals surface area contributed by atoms with E-state index in [2.05, 4.69) is 10.6 Å². The predicted molar refractivity (Wildman–Crippen MR) is 116 cm³/mol. The molecular formula is C24H28N3O2+. The zero-order chi connectivity index (χ0) is 20.6. The smallest absolute Gasteiger partial charge is 0.240 e. The number of rotatable bonds is 8. The van der Waals surface area contributed by atoms with Gasteiger partial charge >= 0.3 is 0 Å². The summed E-state index contributed by atoms with van der Waals surface area (Å²) in [6.45, 7) is 0.732. The van der Waals surface area contributed by atoms with Crippen LogP contribution in [-0.4, -0.2) is 39.0 Å². The fourth-order valence-electron chi connectivity index (χ4n) is 3.45. The Labute approximate surface area is 171 Å². The van der Waals surface area contributed by atoms with Crippen molar-refractivity contribution >= 4 is 22.6 Å². The minimum Gasteiger partial charge on any atom is -0.347 e. The summed E-state index contributed by atoms with van der Waals surface area (Å²) in [4.78, 5) is 26.1.